The molecule has 0 amide bonds. The SMILES string of the molecule is CC1CCC(Nc2cccc(-c3nccs3)c2)C1. The van der Waals surface area contributed by atoms with Crippen LogP contribution in [0.5, 0.6) is 0 Å². The Morgan fingerprint density at radius 2 is 2.28 bits per heavy atom. The molecule has 18 heavy (non-hydrogen) atoms. The predicted octanol–water partition coefficient (Wildman–Crippen LogP) is 4.41. The number of hydrogen-bond donors (Lipinski definition) is 1. The van der Waals surface area contributed by atoms with Crippen LogP contribution in [0.15, 0.2) is 35.8 Å². The van der Waals surface area contributed by atoms with Gasteiger partial charge in [-0.1, -0.05) is 19.1 Å². The largest absolute Gasteiger partial charge is 0.382 e. The van der Waals surface area contributed by atoms with Crippen LogP contribution < -0.4 is 5.32 Å². The molecule has 1 saturated carbocycles. The van der Waals surface area contributed by atoms with E-state index in [1.807, 2.05) is 11.6 Å². The van der Waals surface area contributed by atoms with Crippen LogP contribution in [0.3, 0.4) is 0 Å². The van der Waals surface area contributed by atoms with Gasteiger partial charge in [0.1, 0.15) is 5.01 Å². The molecule has 1 aromatic heterocycles. The van der Waals surface area contributed by atoms with E-state index in [1.54, 1.807) is 11.3 Å². The Kier molecular flexibility index (Phi) is 3.33. The summed E-state index contributed by atoms with van der Waals surface area (Å²) in [6, 6.07) is 9.24. The van der Waals surface area contributed by atoms with E-state index >= 15 is 0 Å². The van der Waals surface area contributed by atoms with E-state index in [-0.39, 0.29) is 0 Å². The van der Waals surface area contributed by atoms with Crippen molar-refractivity contribution < 1.29 is 0 Å². The lowest BCUT2D eigenvalue weighted by Gasteiger charge is -2.14. The molecule has 1 N–H and O–H groups in total. The molecule has 0 saturated heterocycles. The summed E-state index contributed by atoms with van der Waals surface area (Å²) < 4.78 is 0. The maximum absolute atomic E-state index is 4.36. The first-order valence-electron chi connectivity index (χ1n) is 6.58. The number of hydrogen-bond acceptors (Lipinski definition) is 3. The number of rotatable bonds is 3. The van der Waals surface area contributed by atoms with Gasteiger partial charge in [0, 0.05) is 28.9 Å². The quantitative estimate of drug-likeness (QED) is 0.882. The Morgan fingerprint density at radius 1 is 1.33 bits per heavy atom. The molecule has 94 valence electrons. The summed E-state index contributed by atoms with van der Waals surface area (Å²) in [5.74, 6) is 0.865. The van der Waals surface area contributed by atoms with E-state index in [9.17, 15) is 0 Å². The van der Waals surface area contributed by atoms with Crippen LogP contribution in [0.25, 0.3) is 10.6 Å². The summed E-state index contributed by atoms with van der Waals surface area (Å²) in [5, 5.41) is 6.77. The third-order valence-electron chi connectivity index (χ3n) is 3.61. The van der Waals surface area contributed by atoms with Crippen LogP contribution >= 0.6 is 11.3 Å². The Bertz CT molecular complexity index is 507. The molecule has 1 aliphatic rings. The van der Waals surface area contributed by atoms with E-state index in [2.05, 4.69) is 41.5 Å². The van der Waals surface area contributed by atoms with E-state index in [0.29, 0.717) is 6.04 Å². The van der Waals surface area contributed by atoms with Crippen LogP contribution in [-0.4, -0.2) is 11.0 Å². The van der Waals surface area contributed by atoms with Crippen molar-refractivity contribution in [2.75, 3.05) is 5.32 Å². The fourth-order valence-corrected chi connectivity index (χ4v) is 3.32. The second-order valence-corrected chi connectivity index (χ2v) is 6.07. The minimum atomic E-state index is 0.645. The first kappa shape index (κ1) is 11.7. The molecule has 3 heteroatoms. The van der Waals surface area contributed by atoms with Crippen molar-refractivity contribution >= 4 is 17.0 Å². The Morgan fingerprint density at radius 3 is 3.00 bits per heavy atom. The number of anilines is 1. The molecule has 0 aliphatic heterocycles. The van der Waals surface area contributed by atoms with E-state index < -0.39 is 0 Å². The topological polar surface area (TPSA) is 24.9 Å². The molecular weight excluding hydrogens is 240 g/mol. The van der Waals surface area contributed by atoms with Crippen molar-refractivity contribution in [2.45, 2.75) is 32.2 Å². The van der Waals surface area contributed by atoms with E-state index in [0.717, 1.165) is 10.9 Å². The number of benzene rings is 1. The molecule has 3 rings (SSSR count). The highest BCUT2D eigenvalue weighted by Gasteiger charge is 2.20. The smallest absolute Gasteiger partial charge is 0.123 e. The molecule has 1 fully saturated rings. The molecule has 0 spiro atoms. The summed E-state index contributed by atoms with van der Waals surface area (Å²) in [5.41, 5.74) is 2.43. The van der Waals surface area contributed by atoms with Crippen molar-refractivity contribution in [3.05, 3.63) is 35.8 Å². The Labute approximate surface area is 112 Å². The van der Waals surface area contributed by atoms with Crippen molar-refractivity contribution in [2.24, 2.45) is 5.92 Å². The highest BCUT2D eigenvalue weighted by Crippen LogP contribution is 2.29. The third kappa shape index (κ3) is 2.56. The molecule has 2 aromatic rings. The van der Waals surface area contributed by atoms with Gasteiger partial charge in [-0.05, 0) is 37.3 Å². The van der Waals surface area contributed by atoms with Gasteiger partial charge in [0.05, 0.1) is 0 Å². The standard InChI is InChI=1S/C15H18N2S/c1-11-5-6-14(9-11)17-13-4-2-3-12(10-13)15-16-7-8-18-15/h2-4,7-8,10-11,14,17H,5-6,9H2,1H3. The zero-order chi connectivity index (χ0) is 12.4. The second-order valence-electron chi connectivity index (χ2n) is 5.18. The summed E-state index contributed by atoms with van der Waals surface area (Å²) >= 11 is 1.69. The molecule has 1 aromatic carbocycles. The van der Waals surface area contributed by atoms with Gasteiger partial charge in [-0.2, -0.15) is 0 Å². The monoisotopic (exact) mass is 258 g/mol. The number of nitrogens with one attached hydrogen (secondary N) is 1. The molecule has 2 unspecified atom stereocenters. The van der Waals surface area contributed by atoms with Gasteiger partial charge in [-0.15, -0.1) is 11.3 Å². The fraction of sp³-hybridized carbons (Fsp3) is 0.400. The summed E-state index contributed by atoms with van der Waals surface area (Å²) in [4.78, 5) is 4.36. The molecule has 1 aliphatic carbocycles. The highest BCUT2D eigenvalue weighted by atomic mass is 32.1. The van der Waals surface area contributed by atoms with Crippen LogP contribution in [0.4, 0.5) is 5.69 Å². The summed E-state index contributed by atoms with van der Waals surface area (Å²) in [6.07, 6.45) is 5.80. The molecular formula is C15H18N2S. The van der Waals surface area contributed by atoms with Crippen molar-refractivity contribution in [3.63, 3.8) is 0 Å². The molecule has 1 heterocycles. The molecule has 2 nitrogen and oxygen atoms in total. The van der Waals surface area contributed by atoms with Gasteiger partial charge >= 0.3 is 0 Å². The van der Waals surface area contributed by atoms with Crippen molar-refractivity contribution in [1.82, 2.24) is 4.98 Å². The first-order chi connectivity index (χ1) is 8.81. The molecule has 0 bridgehead atoms. The maximum atomic E-state index is 4.36. The van der Waals surface area contributed by atoms with Gasteiger partial charge in [0.15, 0.2) is 0 Å². The summed E-state index contributed by atoms with van der Waals surface area (Å²) in [7, 11) is 0. The first-order valence-corrected chi connectivity index (χ1v) is 7.46. The van der Waals surface area contributed by atoms with Gasteiger partial charge in [0.2, 0.25) is 0 Å². The normalized spacial score (nSPS) is 23.2. The predicted molar refractivity (Wildman–Crippen MR) is 78.0 cm³/mol. The van der Waals surface area contributed by atoms with Gasteiger partial charge in [-0.3, -0.25) is 0 Å². The van der Waals surface area contributed by atoms with E-state index in [1.165, 1.54) is 30.5 Å². The van der Waals surface area contributed by atoms with E-state index in [4.69, 9.17) is 0 Å². The Hall–Kier alpha value is -1.35. The average molecular weight is 258 g/mol. The van der Waals surface area contributed by atoms with Crippen LogP contribution in [0.1, 0.15) is 26.2 Å². The van der Waals surface area contributed by atoms with Crippen LogP contribution in [0.2, 0.25) is 0 Å². The highest BCUT2D eigenvalue weighted by molar-refractivity contribution is 7.13. The zero-order valence-corrected chi connectivity index (χ0v) is 11.4. The van der Waals surface area contributed by atoms with Crippen LogP contribution in [0, 0.1) is 5.92 Å². The van der Waals surface area contributed by atoms with Gasteiger partial charge in [0.25, 0.3) is 0 Å². The average Bonchev–Trinajstić information content (AvgIpc) is 3.01. The zero-order valence-electron chi connectivity index (χ0n) is 10.6. The number of aromatic nitrogens is 1. The number of thiazole rings is 1. The van der Waals surface area contributed by atoms with Gasteiger partial charge in [-0.25, -0.2) is 4.98 Å². The fourth-order valence-electron chi connectivity index (χ4n) is 2.68. The number of nitrogens with zero attached hydrogens (tertiary/aromatic N) is 1. The molecule has 0 radical (unpaired) electrons. The second kappa shape index (κ2) is 5.11. The maximum Gasteiger partial charge on any atom is 0.123 e. The molecule has 2 atom stereocenters. The lowest BCUT2D eigenvalue weighted by molar-refractivity contribution is 0.602. The van der Waals surface area contributed by atoms with Crippen molar-refractivity contribution in [3.8, 4) is 10.6 Å². The van der Waals surface area contributed by atoms with Crippen molar-refractivity contribution in [1.29, 1.82) is 0 Å². The van der Waals surface area contributed by atoms with Crippen LogP contribution in [-0.2, 0) is 0 Å². The lowest BCUT2D eigenvalue weighted by Crippen LogP contribution is -2.15. The minimum absolute atomic E-state index is 0.645. The lowest BCUT2D eigenvalue weighted by atomic mass is 10.1. The third-order valence-corrected chi connectivity index (χ3v) is 4.43. The van der Waals surface area contributed by atoms with Gasteiger partial charge < -0.3 is 5.32 Å². The minimum Gasteiger partial charge on any atom is -0.382 e. The Balaban J connectivity index is 1.75. The summed E-state index contributed by atoms with van der Waals surface area (Å²) in [6.45, 7) is 2.34.